The van der Waals surface area contributed by atoms with Crippen molar-refractivity contribution in [3.63, 3.8) is 0 Å². The summed E-state index contributed by atoms with van der Waals surface area (Å²) in [7, 11) is -0.965. The highest BCUT2D eigenvalue weighted by molar-refractivity contribution is 6.76. The number of hydrogen-bond donors (Lipinski definition) is 1. The van der Waals surface area contributed by atoms with Crippen molar-refractivity contribution in [1.29, 1.82) is 0 Å². The average Bonchev–Trinajstić information content (AvgIpc) is 2.17. The summed E-state index contributed by atoms with van der Waals surface area (Å²) in [6.07, 6.45) is 3.22. The largest absolute Gasteiger partial charge is 0.362 e. The summed E-state index contributed by atoms with van der Waals surface area (Å²) in [6.45, 7) is 8.37. The smallest absolute Gasteiger partial charge is 0.131 e. The second kappa shape index (κ2) is 5.82. The summed E-state index contributed by atoms with van der Waals surface area (Å²) in [5, 5.41) is 3.07. The molecule has 1 aromatic rings. The first kappa shape index (κ1) is 12.1. The molecular weight excluding hydrogens is 206 g/mol. The molecule has 4 nitrogen and oxygen atoms in total. The maximum atomic E-state index is 5.48. The molecule has 0 radical (unpaired) electrons. The van der Waals surface area contributed by atoms with Crippen LogP contribution in [0.4, 0.5) is 5.82 Å². The molecule has 0 aliphatic heterocycles. The third-order valence-electron chi connectivity index (χ3n) is 1.93. The van der Waals surface area contributed by atoms with Crippen molar-refractivity contribution in [3.05, 3.63) is 18.6 Å². The fourth-order valence-electron chi connectivity index (χ4n) is 0.971. The van der Waals surface area contributed by atoms with Crippen LogP contribution in [-0.2, 0) is 4.74 Å². The van der Waals surface area contributed by atoms with E-state index in [0.717, 1.165) is 12.4 Å². The van der Waals surface area contributed by atoms with E-state index in [2.05, 4.69) is 34.9 Å². The van der Waals surface area contributed by atoms with Gasteiger partial charge in [-0.1, -0.05) is 19.6 Å². The van der Waals surface area contributed by atoms with Crippen LogP contribution in [0, 0.1) is 0 Å². The normalized spacial score (nSPS) is 11.4. The van der Waals surface area contributed by atoms with Crippen molar-refractivity contribution in [1.82, 2.24) is 9.97 Å². The van der Waals surface area contributed by atoms with Crippen molar-refractivity contribution in [3.8, 4) is 0 Å². The molecule has 0 fully saturated rings. The lowest BCUT2D eigenvalue weighted by molar-refractivity contribution is 0.165. The third-order valence-corrected chi connectivity index (χ3v) is 3.64. The quantitative estimate of drug-likeness (QED) is 0.458. The zero-order chi connectivity index (χ0) is 11.1. The van der Waals surface area contributed by atoms with Crippen LogP contribution in [-0.4, -0.2) is 31.4 Å². The molecule has 0 amide bonds. The van der Waals surface area contributed by atoms with E-state index in [4.69, 9.17) is 4.74 Å². The average molecular weight is 225 g/mol. The van der Waals surface area contributed by atoms with Gasteiger partial charge in [-0.05, 0) is 12.1 Å². The van der Waals surface area contributed by atoms with Crippen LogP contribution in [0.5, 0.6) is 0 Å². The van der Waals surface area contributed by atoms with Crippen molar-refractivity contribution in [2.45, 2.75) is 25.7 Å². The van der Waals surface area contributed by atoms with Gasteiger partial charge in [0.15, 0.2) is 0 Å². The van der Waals surface area contributed by atoms with Crippen LogP contribution < -0.4 is 5.32 Å². The summed E-state index contributed by atoms with van der Waals surface area (Å²) in [6, 6.07) is 3.01. The Kier molecular flexibility index (Phi) is 4.71. The standard InChI is InChI=1S/C10H19N3OSi/c1-15(2,3)7-6-14-9-13-10-4-5-11-8-12-10/h4-5,8H,6-7,9H2,1-3H3,(H,11,12,13). The summed E-state index contributed by atoms with van der Waals surface area (Å²) in [4.78, 5) is 7.87. The zero-order valence-corrected chi connectivity index (χ0v) is 10.7. The van der Waals surface area contributed by atoms with Gasteiger partial charge in [-0.3, -0.25) is 0 Å². The maximum Gasteiger partial charge on any atom is 0.131 e. The molecule has 0 spiro atoms. The molecule has 1 N–H and O–H groups in total. The number of anilines is 1. The Hall–Kier alpha value is -0.943. The molecule has 0 bridgehead atoms. The highest BCUT2D eigenvalue weighted by Gasteiger charge is 2.11. The summed E-state index contributed by atoms with van der Waals surface area (Å²) in [5.41, 5.74) is 0. The molecule has 0 aliphatic rings. The number of nitrogens with one attached hydrogen (secondary N) is 1. The number of rotatable bonds is 6. The van der Waals surface area contributed by atoms with Gasteiger partial charge in [-0.2, -0.15) is 0 Å². The predicted molar refractivity (Wildman–Crippen MR) is 64.6 cm³/mol. The van der Waals surface area contributed by atoms with E-state index in [1.54, 1.807) is 6.20 Å². The SMILES string of the molecule is C[Si](C)(C)CCOCNc1ccncn1. The number of aromatic nitrogens is 2. The number of hydrogen-bond acceptors (Lipinski definition) is 4. The zero-order valence-electron chi connectivity index (χ0n) is 9.66. The number of nitrogens with zero attached hydrogens (tertiary/aromatic N) is 2. The molecule has 0 aromatic carbocycles. The first-order valence-electron chi connectivity index (χ1n) is 5.15. The molecule has 0 aliphatic carbocycles. The molecule has 1 aromatic heterocycles. The van der Waals surface area contributed by atoms with E-state index < -0.39 is 8.07 Å². The Morgan fingerprint density at radius 2 is 2.20 bits per heavy atom. The van der Waals surface area contributed by atoms with Gasteiger partial charge in [0.2, 0.25) is 0 Å². The second-order valence-corrected chi connectivity index (χ2v) is 10.3. The maximum absolute atomic E-state index is 5.48. The Bertz CT molecular complexity index is 274. The third kappa shape index (κ3) is 6.19. The molecule has 0 saturated heterocycles. The minimum Gasteiger partial charge on any atom is -0.362 e. The fourth-order valence-corrected chi connectivity index (χ4v) is 1.73. The lowest BCUT2D eigenvalue weighted by atomic mass is 10.6. The summed E-state index contributed by atoms with van der Waals surface area (Å²) >= 11 is 0. The molecule has 5 heteroatoms. The first-order valence-corrected chi connectivity index (χ1v) is 8.86. The topological polar surface area (TPSA) is 47.0 Å². The lowest BCUT2D eigenvalue weighted by Gasteiger charge is -2.15. The highest BCUT2D eigenvalue weighted by atomic mass is 28.3. The molecule has 1 rings (SSSR count). The Balaban J connectivity index is 2.08. The molecule has 1 heterocycles. The van der Waals surface area contributed by atoms with E-state index in [-0.39, 0.29) is 0 Å². The van der Waals surface area contributed by atoms with Gasteiger partial charge >= 0.3 is 0 Å². The van der Waals surface area contributed by atoms with Crippen molar-refractivity contribution in [2.75, 3.05) is 18.7 Å². The van der Waals surface area contributed by atoms with E-state index in [0.29, 0.717) is 6.73 Å². The molecular formula is C10H19N3OSi. The van der Waals surface area contributed by atoms with Crippen LogP contribution >= 0.6 is 0 Å². The van der Waals surface area contributed by atoms with Gasteiger partial charge < -0.3 is 10.1 Å². The fraction of sp³-hybridized carbons (Fsp3) is 0.600. The Labute approximate surface area is 92.1 Å². The van der Waals surface area contributed by atoms with Crippen LogP contribution in [0.3, 0.4) is 0 Å². The molecule has 0 saturated carbocycles. The minimum absolute atomic E-state index is 0.515. The van der Waals surface area contributed by atoms with Crippen LogP contribution in [0.1, 0.15) is 0 Å². The van der Waals surface area contributed by atoms with Gasteiger partial charge in [0.05, 0.1) is 0 Å². The molecule has 0 unspecified atom stereocenters. The highest BCUT2D eigenvalue weighted by Crippen LogP contribution is 2.07. The van der Waals surface area contributed by atoms with Crippen LogP contribution in [0.25, 0.3) is 0 Å². The summed E-state index contributed by atoms with van der Waals surface area (Å²) < 4.78 is 5.48. The summed E-state index contributed by atoms with van der Waals surface area (Å²) in [5.74, 6) is 0.804. The van der Waals surface area contributed by atoms with Gasteiger partial charge in [-0.25, -0.2) is 9.97 Å². The van der Waals surface area contributed by atoms with E-state index in [9.17, 15) is 0 Å². The first-order chi connectivity index (χ1) is 7.08. The Morgan fingerprint density at radius 3 is 2.80 bits per heavy atom. The van der Waals surface area contributed by atoms with Crippen molar-refractivity contribution < 1.29 is 4.74 Å². The monoisotopic (exact) mass is 225 g/mol. The van der Waals surface area contributed by atoms with Crippen molar-refractivity contribution in [2.24, 2.45) is 0 Å². The van der Waals surface area contributed by atoms with Gasteiger partial charge in [0.1, 0.15) is 18.9 Å². The predicted octanol–water partition coefficient (Wildman–Crippen LogP) is 2.20. The van der Waals surface area contributed by atoms with E-state index in [1.807, 2.05) is 6.07 Å². The second-order valence-electron chi connectivity index (χ2n) is 4.63. The number of ether oxygens (including phenoxy) is 1. The molecule has 0 atom stereocenters. The van der Waals surface area contributed by atoms with Gasteiger partial charge in [0, 0.05) is 20.9 Å². The lowest BCUT2D eigenvalue weighted by Crippen LogP contribution is -2.22. The van der Waals surface area contributed by atoms with E-state index >= 15 is 0 Å². The van der Waals surface area contributed by atoms with E-state index in [1.165, 1.54) is 12.4 Å². The Morgan fingerprint density at radius 1 is 1.40 bits per heavy atom. The van der Waals surface area contributed by atoms with Gasteiger partial charge in [-0.15, -0.1) is 0 Å². The molecule has 15 heavy (non-hydrogen) atoms. The van der Waals surface area contributed by atoms with Crippen molar-refractivity contribution >= 4 is 13.9 Å². The van der Waals surface area contributed by atoms with Crippen LogP contribution in [0.15, 0.2) is 18.6 Å². The van der Waals surface area contributed by atoms with Crippen LogP contribution in [0.2, 0.25) is 25.7 Å². The molecule has 84 valence electrons. The van der Waals surface area contributed by atoms with Gasteiger partial charge in [0.25, 0.3) is 0 Å². The minimum atomic E-state index is -0.965.